The number of nitrogens with two attached hydrogens (primary N) is 1. The summed E-state index contributed by atoms with van der Waals surface area (Å²) in [6, 6.07) is 1.70. The molecule has 0 aliphatic carbocycles. The molecule has 21 heavy (non-hydrogen) atoms. The number of hydrogen-bond acceptors (Lipinski definition) is 5. The number of carbonyl (C=O) groups excluding carboxylic acids is 1. The monoisotopic (exact) mass is 413 g/mol. The van der Waals surface area contributed by atoms with Crippen molar-refractivity contribution >= 4 is 59.9 Å². The van der Waals surface area contributed by atoms with E-state index in [9.17, 15) is 17.6 Å². The van der Waals surface area contributed by atoms with Crippen molar-refractivity contribution in [1.82, 2.24) is 4.98 Å². The summed E-state index contributed by atoms with van der Waals surface area (Å²) in [4.78, 5) is 15.4. The molecule has 0 aliphatic rings. The summed E-state index contributed by atoms with van der Waals surface area (Å²) in [7, 11) is -4.24. The molecule has 3 N–H and O–H groups in total. The average molecular weight is 415 g/mol. The molecule has 1 amide bonds. The van der Waals surface area contributed by atoms with E-state index in [1.54, 1.807) is 0 Å². The zero-order valence-corrected chi connectivity index (χ0v) is 13.9. The van der Waals surface area contributed by atoms with E-state index < -0.39 is 37.2 Å². The molecule has 0 saturated heterocycles. The van der Waals surface area contributed by atoms with Crippen LogP contribution < -0.4 is 10.5 Å². The van der Waals surface area contributed by atoms with Crippen LogP contribution in [0.25, 0.3) is 0 Å². The molecular formula is C10H6BrClFN3O3S2. The number of sulfonamides is 1. The zero-order chi connectivity index (χ0) is 15.8. The van der Waals surface area contributed by atoms with Crippen molar-refractivity contribution in [2.75, 3.05) is 5.32 Å². The van der Waals surface area contributed by atoms with Gasteiger partial charge in [0.25, 0.3) is 5.91 Å². The molecule has 2 aromatic rings. The normalized spacial score (nSPS) is 11.4. The largest absolute Gasteiger partial charge is 0.298 e. The smallest absolute Gasteiger partial charge is 0.260 e. The number of nitrogens with one attached hydrogen (secondary N) is 1. The van der Waals surface area contributed by atoms with Crippen molar-refractivity contribution in [2.24, 2.45) is 5.14 Å². The van der Waals surface area contributed by atoms with Crippen LogP contribution >= 0.6 is 38.9 Å². The first kappa shape index (κ1) is 16.3. The van der Waals surface area contributed by atoms with Crippen molar-refractivity contribution in [1.29, 1.82) is 0 Å². The van der Waals surface area contributed by atoms with Crippen molar-refractivity contribution in [3.63, 3.8) is 0 Å². The highest BCUT2D eigenvalue weighted by Gasteiger charge is 2.25. The highest BCUT2D eigenvalue weighted by molar-refractivity contribution is 9.11. The maximum Gasteiger partial charge on any atom is 0.260 e. The molecule has 0 bridgehead atoms. The van der Waals surface area contributed by atoms with Gasteiger partial charge in [0, 0.05) is 0 Å². The molecule has 0 unspecified atom stereocenters. The van der Waals surface area contributed by atoms with Crippen LogP contribution in [0, 0.1) is 5.82 Å². The Hall–Kier alpha value is -1.07. The van der Waals surface area contributed by atoms with Crippen molar-refractivity contribution < 1.29 is 17.6 Å². The molecule has 1 aromatic carbocycles. The van der Waals surface area contributed by atoms with Gasteiger partial charge in [0.1, 0.15) is 5.82 Å². The summed E-state index contributed by atoms with van der Waals surface area (Å²) in [6.45, 7) is 0. The van der Waals surface area contributed by atoms with Crippen LogP contribution in [0.15, 0.2) is 27.0 Å². The molecule has 6 nitrogen and oxygen atoms in total. The third kappa shape index (κ3) is 3.58. The first-order valence-corrected chi connectivity index (χ1v) is 8.67. The fraction of sp³-hybridized carbons (Fsp3) is 0. The Kier molecular flexibility index (Phi) is 4.63. The molecule has 0 radical (unpaired) electrons. The first-order chi connectivity index (χ1) is 9.70. The van der Waals surface area contributed by atoms with Crippen molar-refractivity contribution in [2.45, 2.75) is 4.90 Å². The summed E-state index contributed by atoms with van der Waals surface area (Å²) in [5, 5.41) is 6.89. The van der Waals surface area contributed by atoms with Gasteiger partial charge in [0.2, 0.25) is 10.0 Å². The van der Waals surface area contributed by atoms with Crippen LogP contribution in [0.3, 0.4) is 0 Å². The minimum atomic E-state index is -4.24. The summed E-state index contributed by atoms with van der Waals surface area (Å²) in [5.41, 5.74) is -0.564. The summed E-state index contributed by atoms with van der Waals surface area (Å²) < 4.78 is 37.1. The van der Waals surface area contributed by atoms with Crippen LogP contribution in [-0.4, -0.2) is 19.3 Å². The standard InChI is InChI=1S/C10H6BrClFN3O3S2/c11-6-3-15-10(20-6)16-9(17)7-5(21(14,18)19)2-1-4(13)8(7)12/h1-3H,(H2,14,18,19)(H,15,16,17). The SMILES string of the molecule is NS(=O)(=O)c1ccc(F)c(Cl)c1C(=O)Nc1ncc(Br)s1. The second kappa shape index (κ2) is 5.97. The van der Waals surface area contributed by atoms with Crippen LogP contribution in [0.5, 0.6) is 0 Å². The van der Waals surface area contributed by atoms with E-state index in [4.69, 9.17) is 16.7 Å². The topological polar surface area (TPSA) is 102 Å². The number of primary sulfonamides is 1. The Bertz CT molecular complexity index is 825. The maximum absolute atomic E-state index is 13.5. The number of halogens is 3. The molecular weight excluding hydrogens is 409 g/mol. The third-order valence-corrected chi connectivity index (χ3v) is 5.00. The van der Waals surface area contributed by atoms with Gasteiger partial charge in [-0.05, 0) is 28.1 Å². The predicted octanol–water partition coefficient (Wildman–Crippen LogP) is 2.60. The van der Waals surface area contributed by atoms with Gasteiger partial charge in [0.15, 0.2) is 5.13 Å². The lowest BCUT2D eigenvalue weighted by Crippen LogP contribution is -2.21. The van der Waals surface area contributed by atoms with Gasteiger partial charge in [-0.2, -0.15) is 0 Å². The third-order valence-electron chi connectivity index (χ3n) is 2.29. The summed E-state index contributed by atoms with van der Waals surface area (Å²) >= 11 is 9.93. The number of hydrogen-bond donors (Lipinski definition) is 2. The van der Waals surface area contributed by atoms with Crippen LogP contribution in [0.4, 0.5) is 9.52 Å². The van der Waals surface area contributed by atoms with E-state index >= 15 is 0 Å². The maximum atomic E-state index is 13.5. The molecule has 1 aromatic heterocycles. The van der Waals surface area contributed by atoms with E-state index in [2.05, 4.69) is 26.2 Å². The lowest BCUT2D eigenvalue weighted by molar-refractivity contribution is 0.102. The minimum Gasteiger partial charge on any atom is -0.298 e. The van der Waals surface area contributed by atoms with Gasteiger partial charge in [-0.25, -0.2) is 22.9 Å². The molecule has 1 heterocycles. The van der Waals surface area contributed by atoms with Crippen molar-refractivity contribution in [3.05, 3.63) is 38.5 Å². The molecule has 0 aliphatic heterocycles. The Balaban J connectivity index is 2.51. The average Bonchev–Trinajstić information content (AvgIpc) is 2.76. The van der Waals surface area contributed by atoms with Gasteiger partial charge in [0.05, 0.1) is 25.5 Å². The Labute approximate surface area is 136 Å². The fourth-order valence-corrected chi connectivity index (χ4v) is 3.60. The van der Waals surface area contributed by atoms with Crippen LogP contribution in [0.2, 0.25) is 5.02 Å². The molecule has 2 rings (SSSR count). The van der Waals surface area contributed by atoms with E-state index in [1.807, 2.05) is 0 Å². The van der Waals surface area contributed by atoms with E-state index in [-0.39, 0.29) is 5.13 Å². The number of rotatable bonds is 3. The Morgan fingerprint density at radius 1 is 1.48 bits per heavy atom. The molecule has 112 valence electrons. The number of carbonyl (C=O) groups is 1. The second-order valence-electron chi connectivity index (χ2n) is 3.70. The van der Waals surface area contributed by atoms with Crippen LogP contribution in [-0.2, 0) is 10.0 Å². The molecule has 0 fully saturated rings. The second-order valence-corrected chi connectivity index (χ2v) is 8.02. The zero-order valence-electron chi connectivity index (χ0n) is 9.93. The number of thiazole rings is 1. The van der Waals surface area contributed by atoms with Gasteiger partial charge in [-0.1, -0.05) is 22.9 Å². The Morgan fingerprint density at radius 2 is 2.14 bits per heavy atom. The lowest BCUT2D eigenvalue weighted by atomic mass is 10.2. The number of benzene rings is 1. The number of nitrogens with zero attached hydrogens (tertiary/aromatic N) is 1. The van der Waals surface area contributed by atoms with Crippen molar-refractivity contribution in [3.8, 4) is 0 Å². The summed E-state index contributed by atoms with van der Waals surface area (Å²) in [6.07, 6.45) is 1.44. The first-order valence-electron chi connectivity index (χ1n) is 5.13. The fourth-order valence-electron chi connectivity index (χ4n) is 1.45. The highest BCUT2D eigenvalue weighted by Crippen LogP contribution is 2.29. The minimum absolute atomic E-state index is 0.188. The molecule has 0 saturated carbocycles. The molecule has 11 heteroatoms. The Morgan fingerprint density at radius 3 is 2.67 bits per heavy atom. The highest BCUT2D eigenvalue weighted by atomic mass is 79.9. The number of amides is 1. The number of anilines is 1. The van der Waals surface area contributed by atoms with Gasteiger partial charge < -0.3 is 0 Å². The van der Waals surface area contributed by atoms with E-state index in [0.717, 1.165) is 23.5 Å². The van der Waals surface area contributed by atoms with Gasteiger partial charge >= 0.3 is 0 Å². The van der Waals surface area contributed by atoms with E-state index in [1.165, 1.54) is 6.20 Å². The van der Waals surface area contributed by atoms with E-state index in [0.29, 0.717) is 3.79 Å². The van der Waals surface area contributed by atoms with Crippen LogP contribution in [0.1, 0.15) is 10.4 Å². The molecule has 0 atom stereocenters. The lowest BCUT2D eigenvalue weighted by Gasteiger charge is -2.09. The van der Waals surface area contributed by atoms with Gasteiger partial charge in [-0.3, -0.25) is 10.1 Å². The number of aromatic nitrogens is 1. The summed E-state index contributed by atoms with van der Waals surface area (Å²) in [5.74, 6) is -1.86. The quantitative estimate of drug-likeness (QED) is 0.806. The van der Waals surface area contributed by atoms with Gasteiger partial charge in [-0.15, -0.1) is 0 Å². The predicted molar refractivity (Wildman–Crippen MR) is 80.6 cm³/mol. The molecule has 0 spiro atoms.